The molecule has 1 aliphatic carbocycles. The molecular formula is C27H35NO9. The first kappa shape index (κ1) is 28.4. The van der Waals surface area contributed by atoms with E-state index in [-0.39, 0.29) is 50.3 Å². The van der Waals surface area contributed by atoms with Crippen LogP contribution in [0.4, 0.5) is 0 Å². The van der Waals surface area contributed by atoms with Crippen molar-refractivity contribution in [2.45, 2.75) is 70.2 Å². The zero-order valence-electron chi connectivity index (χ0n) is 21.2. The van der Waals surface area contributed by atoms with Gasteiger partial charge in [0.05, 0.1) is 18.8 Å². The van der Waals surface area contributed by atoms with Gasteiger partial charge in [-0.2, -0.15) is 0 Å². The van der Waals surface area contributed by atoms with Gasteiger partial charge in [0.2, 0.25) is 0 Å². The second-order valence-corrected chi connectivity index (χ2v) is 9.33. The first-order valence-electron chi connectivity index (χ1n) is 12.5. The van der Waals surface area contributed by atoms with Crippen LogP contribution in [0.3, 0.4) is 0 Å². The Bertz CT molecular complexity index is 1010. The standard InChI is InChI=1S/C27H35NO9/c1-3-4-7-18(2)22(29)13-12-20-23(30)16-24-26(20)21-10-5-8-19(27(21)37-24)9-6-11-25(31)35-17-34-14-15-36-28(32)33/h5,8,10,12-13,18,20,22-24,26,29-30H,6-7,9,11,14-17H2,1-2H3/b13-12+/t18?,20?,22?,23-,24?,26?/m0/s1. The minimum atomic E-state index is -0.915. The molecule has 5 unspecified atom stereocenters. The molecule has 1 heterocycles. The summed E-state index contributed by atoms with van der Waals surface area (Å²) >= 11 is 0. The van der Waals surface area contributed by atoms with Gasteiger partial charge in [-0.3, -0.25) is 4.79 Å². The lowest BCUT2D eigenvalue weighted by molar-refractivity contribution is -0.758. The van der Waals surface area contributed by atoms with Crippen molar-refractivity contribution in [1.29, 1.82) is 0 Å². The van der Waals surface area contributed by atoms with E-state index >= 15 is 0 Å². The number of aryl methyl sites for hydroxylation is 1. The van der Waals surface area contributed by atoms with Gasteiger partial charge in [0.1, 0.15) is 18.5 Å². The number of carbonyl (C=O) groups excluding carboxylic acids is 1. The number of hydrogen-bond acceptors (Lipinski definition) is 9. The number of aliphatic hydroxyl groups is 2. The quantitative estimate of drug-likeness (QED) is 0.0725. The molecule has 0 bridgehead atoms. The molecule has 6 atom stereocenters. The predicted octanol–water partition coefficient (Wildman–Crippen LogP) is 2.93. The Hall–Kier alpha value is -3.13. The van der Waals surface area contributed by atoms with E-state index in [2.05, 4.69) is 16.7 Å². The fourth-order valence-corrected chi connectivity index (χ4v) is 4.81. The fourth-order valence-electron chi connectivity index (χ4n) is 4.81. The molecule has 0 aromatic heterocycles. The van der Waals surface area contributed by atoms with E-state index in [1.54, 1.807) is 13.0 Å². The molecule has 37 heavy (non-hydrogen) atoms. The zero-order chi connectivity index (χ0) is 26.8. The van der Waals surface area contributed by atoms with E-state index in [0.717, 1.165) is 16.9 Å². The van der Waals surface area contributed by atoms with Gasteiger partial charge in [-0.15, -0.1) is 22.0 Å². The lowest BCUT2D eigenvalue weighted by atomic mass is 9.86. The third kappa shape index (κ3) is 7.92. The van der Waals surface area contributed by atoms with Gasteiger partial charge in [-0.25, -0.2) is 0 Å². The minimum Gasteiger partial charge on any atom is -0.489 e. The van der Waals surface area contributed by atoms with Gasteiger partial charge >= 0.3 is 5.97 Å². The molecule has 2 N–H and O–H groups in total. The van der Waals surface area contributed by atoms with Crippen LogP contribution in [0.25, 0.3) is 0 Å². The number of carbonyl (C=O) groups is 1. The minimum absolute atomic E-state index is 0.000501. The monoisotopic (exact) mass is 517 g/mol. The molecule has 1 aliphatic heterocycles. The predicted molar refractivity (Wildman–Crippen MR) is 133 cm³/mol. The lowest BCUT2D eigenvalue weighted by Crippen LogP contribution is -2.19. The molecule has 3 rings (SSSR count). The van der Waals surface area contributed by atoms with Crippen molar-refractivity contribution in [3.63, 3.8) is 0 Å². The maximum atomic E-state index is 11.9. The number of rotatable bonds is 14. The van der Waals surface area contributed by atoms with Crippen LogP contribution in [0.15, 0.2) is 30.4 Å². The van der Waals surface area contributed by atoms with Crippen molar-refractivity contribution in [3.05, 3.63) is 51.6 Å². The van der Waals surface area contributed by atoms with E-state index in [4.69, 9.17) is 14.2 Å². The Morgan fingerprint density at radius 3 is 2.95 bits per heavy atom. The molecule has 1 fully saturated rings. The van der Waals surface area contributed by atoms with Crippen molar-refractivity contribution in [1.82, 2.24) is 0 Å². The Kier molecular flexibility index (Phi) is 10.7. The molecule has 1 saturated carbocycles. The number of fused-ring (bicyclic) bond motifs is 3. The highest BCUT2D eigenvalue weighted by molar-refractivity contribution is 5.69. The third-order valence-corrected chi connectivity index (χ3v) is 6.76. The number of nitrogens with zero attached hydrogens (tertiary/aromatic N) is 1. The van der Waals surface area contributed by atoms with Crippen LogP contribution in [0.5, 0.6) is 5.75 Å². The topological polar surface area (TPSA) is 138 Å². The van der Waals surface area contributed by atoms with Crippen molar-refractivity contribution in [3.8, 4) is 17.6 Å². The Balaban J connectivity index is 1.52. The number of esters is 1. The van der Waals surface area contributed by atoms with Gasteiger partial charge in [-0.1, -0.05) is 37.3 Å². The van der Waals surface area contributed by atoms with Crippen LogP contribution in [-0.4, -0.2) is 59.6 Å². The highest BCUT2D eigenvalue weighted by Crippen LogP contribution is 2.52. The van der Waals surface area contributed by atoms with Gasteiger partial charge in [0.25, 0.3) is 5.09 Å². The zero-order valence-corrected chi connectivity index (χ0v) is 21.2. The fraction of sp³-hybridized carbons (Fsp3) is 0.593. The number of ether oxygens (including phenoxy) is 3. The highest BCUT2D eigenvalue weighted by atomic mass is 17.0. The van der Waals surface area contributed by atoms with Crippen molar-refractivity contribution in [2.24, 2.45) is 11.8 Å². The van der Waals surface area contributed by atoms with Crippen molar-refractivity contribution < 1.29 is 39.1 Å². The van der Waals surface area contributed by atoms with Crippen LogP contribution >= 0.6 is 0 Å². The summed E-state index contributed by atoms with van der Waals surface area (Å²) in [5, 5.41) is 30.3. The SMILES string of the molecule is CC#CCC(C)C(O)/C=C/C1C2c3cccc(CCCC(=O)OCOCCO[N+](=O)[O-])c3OC2C[C@@H]1O. The first-order chi connectivity index (χ1) is 17.8. The molecule has 202 valence electrons. The van der Waals surface area contributed by atoms with E-state index < -0.39 is 23.3 Å². The Morgan fingerprint density at radius 1 is 1.38 bits per heavy atom. The molecule has 2 aliphatic rings. The number of aliphatic hydroxyl groups excluding tert-OH is 2. The molecular weight excluding hydrogens is 482 g/mol. The van der Waals surface area contributed by atoms with E-state index in [0.29, 0.717) is 25.7 Å². The lowest BCUT2D eigenvalue weighted by Gasteiger charge is -2.19. The average Bonchev–Trinajstić information content (AvgIpc) is 3.38. The van der Waals surface area contributed by atoms with E-state index in [1.165, 1.54) is 0 Å². The summed E-state index contributed by atoms with van der Waals surface area (Å²) in [5.41, 5.74) is 2.04. The van der Waals surface area contributed by atoms with E-state index in [1.807, 2.05) is 31.2 Å². The second-order valence-electron chi connectivity index (χ2n) is 9.33. The summed E-state index contributed by atoms with van der Waals surface area (Å²) in [6.07, 6.45) is 4.84. The summed E-state index contributed by atoms with van der Waals surface area (Å²) in [4.78, 5) is 26.1. The largest absolute Gasteiger partial charge is 0.489 e. The van der Waals surface area contributed by atoms with Crippen LogP contribution in [0.2, 0.25) is 0 Å². The van der Waals surface area contributed by atoms with Gasteiger partial charge < -0.3 is 29.3 Å². The Morgan fingerprint density at radius 2 is 2.19 bits per heavy atom. The van der Waals surface area contributed by atoms with Crippen LogP contribution in [-0.2, 0) is 25.5 Å². The van der Waals surface area contributed by atoms with Gasteiger partial charge in [0.15, 0.2) is 6.79 Å². The van der Waals surface area contributed by atoms with E-state index in [9.17, 15) is 25.1 Å². The van der Waals surface area contributed by atoms with Crippen LogP contribution < -0.4 is 4.74 Å². The molecule has 0 saturated heterocycles. The highest BCUT2D eigenvalue weighted by Gasteiger charge is 2.48. The summed E-state index contributed by atoms with van der Waals surface area (Å²) in [5.74, 6) is 6.07. The maximum absolute atomic E-state index is 11.9. The van der Waals surface area contributed by atoms with Crippen LogP contribution in [0.1, 0.15) is 56.6 Å². The summed E-state index contributed by atoms with van der Waals surface area (Å²) < 4.78 is 16.2. The third-order valence-electron chi connectivity index (χ3n) is 6.76. The number of benzene rings is 1. The Labute approximate surface area is 216 Å². The second kappa shape index (κ2) is 14.0. The first-order valence-corrected chi connectivity index (χ1v) is 12.5. The number of hydrogen-bond donors (Lipinski definition) is 2. The molecule has 0 amide bonds. The molecule has 1 aromatic rings. The number of para-hydroxylation sites is 1. The van der Waals surface area contributed by atoms with Crippen LogP contribution in [0, 0.1) is 33.8 Å². The average molecular weight is 518 g/mol. The smallest absolute Gasteiger partial charge is 0.307 e. The molecule has 10 nitrogen and oxygen atoms in total. The maximum Gasteiger partial charge on any atom is 0.307 e. The summed E-state index contributed by atoms with van der Waals surface area (Å²) in [6, 6.07) is 5.96. The molecule has 0 radical (unpaired) electrons. The summed E-state index contributed by atoms with van der Waals surface area (Å²) in [6.45, 7) is 3.16. The summed E-state index contributed by atoms with van der Waals surface area (Å²) in [7, 11) is 0. The van der Waals surface area contributed by atoms with Crippen molar-refractivity contribution in [2.75, 3.05) is 20.0 Å². The normalized spacial score (nSPS) is 23.4. The van der Waals surface area contributed by atoms with Gasteiger partial charge in [0, 0.05) is 36.7 Å². The van der Waals surface area contributed by atoms with Crippen molar-refractivity contribution >= 4 is 5.97 Å². The molecule has 0 spiro atoms. The molecule has 10 heteroatoms. The molecule has 1 aromatic carbocycles. The van der Waals surface area contributed by atoms with Gasteiger partial charge in [-0.05, 0) is 31.2 Å².